The number of nitrogens with two attached hydrogens (primary N) is 1. The predicted octanol–water partition coefficient (Wildman–Crippen LogP) is 2.58. The van der Waals surface area contributed by atoms with Gasteiger partial charge in [0.25, 0.3) is 5.91 Å². The topological polar surface area (TPSA) is 122 Å². The summed E-state index contributed by atoms with van der Waals surface area (Å²) in [6, 6.07) is 10.3. The number of amides is 1. The van der Waals surface area contributed by atoms with Crippen LogP contribution in [0, 0.1) is 5.41 Å². The van der Waals surface area contributed by atoms with E-state index in [2.05, 4.69) is 5.32 Å². The maximum Gasteiger partial charge on any atom is 0.257 e. The lowest BCUT2D eigenvalue weighted by molar-refractivity contribution is 0.0976. The molecule has 0 radical (unpaired) electrons. The van der Waals surface area contributed by atoms with Crippen LogP contribution in [-0.2, 0) is 9.84 Å². The first-order chi connectivity index (χ1) is 11.2. The number of rotatable bonds is 4. The van der Waals surface area contributed by atoms with Crippen molar-refractivity contribution in [3.8, 4) is 11.5 Å². The molecule has 1 amide bonds. The molecule has 0 unspecified atom stereocenters. The summed E-state index contributed by atoms with van der Waals surface area (Å²) in [5, 5.41) is 9.57. The van der Waals surface area contributed by atoms with Crippen molar-refractivity contribution < 1.29 is 17.9 Å². The van der Waals surface area contributed by atoms with Crippen LogP contribution in [0.5, 0.6) is 11.5 Å². The second kappa shape index (κ2) is 8.19. The van der Waals surface area contributed by atoms with Gasteiger partial charge < -0.3 is 10.5 Å². The number of nitrogens with one attached hydrogen (secondary N) is 2. The Hall–Kier alpha value is -2.29. The van der Waals surface area contributed by atoms with Crippen LogP contribution in [0.15, 0.2) is 47.4 Å². The third-order valence-corrected chi connectivity index (χ3v) is 4.23. The van der Waals surface area contributed by atoms with E-state index in [0.29, 0.717) is 10.8 Å². The molecular weight excluding hydrogens is 389 g/mol. The Bertz CT molecular complexity index is 917. The number of carbonyl (C=O) groups is 1. The second-order valence-corrected chi connectivity index (χ2v) is 7.28. The fourth-order valence-electron chi connectivity index (χ4n) is 1.88. The van der Waals surface area contributed by atoms with Crippen LogP contribution in [0.2, 0.25) is 5.02 Å². The van der Waals surface area contributed by atoms with E-state index in [0.717, 1.165) is 12.3 Å². The summed E-state index contributed by atoms with van der Waals surface area (Å²) in [5.74, 6) is -0.825. The molecule has 2 aromatic carbocycles. The maximum atomic E-state index is 12.0. The first-order valence-electron chi connectivity index (χ1n) is 6.60. The molecule has 2 rings (SSSR count). The van der Waals surface area contributed by atoms with Crippen LogP contribution in [0.1, 0.15) is 10.4 Å². The van der Waals surface area contributed by atoms with Crippen LogP contribution in [0.4, 0.5) is 0 Å². The molecule has 0 aliphatic heterocycles. The minimum absolute atomic E-state index is 0. The van der Waals surface area contributed by atoms with E-state index in [1.807, 2.05) is 0 Å². The molecule has 0 aliphatic rings. The molecule has 0 aromatic heterocycles. The molecule has 0 heterocycles. The molecule has 25 heavy (non-hydrogen) atoms. The highest BCUT2D eigenvalue weighted by Crippen LogP contribution is 2.31. The second-order valence-electron chi connectivity index (χ2n) is 4.86. The number of ether oxygens (including phenoxy) is 1. The Balaban J connectivity index is 0.00000312. The largest absolute Gasteiger partial charge is 0.456 e. The Kier molecular flexibility index (Phi) is 6.80. The zero-order valence-corrected chi connectivity index (χ0v) is 15.3. The van der Waals surface area contributed by atoms with E-state index in [-0.39, 0.29) is 28.6 Å². The monoisotopic (exact) mass is 403 g/mol. The van der Waals surface area contributed by atoms with Gasteiger partial charge in [-0.25, -0.2) is 8.42 Å². The normalized spacial score (nSPS) is 10.5. The summed E-state index contributed by atoms with van der Waals surface area (Å²) >= 11 is 5.87. The Morgan fingerprint density at radius 3 is 2.48 bits per heavy atom. The van der Waals surface area contributed by atoms with E-state index >= 15 is 0 Å². The van der Waals surface area contributed by atoms with Crippen LogP contribution in [0.25, 0.3) is 0 Å². The maximum absolute atomic E-state index is 12.0. The van der Waals surface area contributed by atoms with Crippen LogP contribution in [-0.4, -0.2) is 26.5 Å². The van der Waals surface area contributed by atoms with Gasteiger partial charge in [0.1, 0.15) is 16.4 Å². The van der Waals surface area contributed by atoms with Crippen molar-refractivity contribution in [3.05, 3.63) is 53.1 Å². The van der Waals surface area contributed by atoms with Gasteiger partial charge in [0.15, 0.2) is 15.8 Å². The van der Waals surface area contributed by atoms with Crippen LogP contribution >= 0.6 is 24.0 Å². The van der Waals surface area contributed by atoms with Gasteiger partial charge in [0.2, 0.25) is 0 Å². The molecule has 0 spiro atoms. The van der Waals surface area contributed by atoms with Gasteiger partial charge in [-0.05, 0) is 36.4 Å². The van der Waals surface area contributed by atoms with Gasteiger partial charge in [0.05, 0.1) is 0 Å². The van der Waals surface area contributed by atoms with Crippen molar-refractivity contribution in [3.63, 3.8) is 0 Å². The molecule has 0 saturated heterocycles. The lowest BCUT2D eigenvalue weighted by Crippen LogP contribution is -2.35. The number of guanidine groups is 1. The van der Waals surface area contributed by atoms with Gasteiger partial charge in [-0.3, -0.25) is 15.5 Å². The number of halogens is 2. The van der Waals surface area contributed by atoms with Crippen molar-refractivity contribution in [2.75, 3.05) is 6.26 Å². The third-order valence-electron chi connectivity index (χ3n) is 2.88. The smallest absolute Gasteiger partial charge is 0.257 e. The number of hydrogen-bond acceptors (Lipinski definition) is 5. The predicted molar refractivity (Wildman–Crippen MR) is 97.7 cm³/mol. The SMILES string of the molecule is CS(=O)(=O)c1cc(C(=O)NC(=N)N)ccc1Oc1cccc(Cl)c1.Cl. The summed E-state index contributed by atoms with van der Waals surface area (Å²) < 4.78 is 29.6. The summed E-state index contributed by atoms with van der Waals surface area (Å²) in [5.41, 5.74) is 5.13. The summed E-state index contributed by atoms with van der Waals surface area (Å²) in [6.45, 7) is 0. The average Bonchev–Trinajstić information content (AvgIpc) is 2.45. The van der Waals surface area contributed by atoms with Crippen molar-refractivity contribution in [2.24, 2.45) is 5.73 Å². The van der Waals surface area contributed by atoms with E-state index in [4.69, 9.17) is 27.5 Å². The number of carbonyl (C=O) groups excluding carboxylic acids is 1. The van der Waals surface area contributed by atoms with Crippen molar-refractivity contribution in [2.45, 2.75) is 4.90 Å². The summed E-state index contributed by atoms with van der Waals surface area (Å²) in [4.78, 5) is 11.7. The highest BCUT2D eigenvalue weighted by molar-refractivity contribution is 7.90. The fraction of sp³-hybridized carbons (Fsp3) is 0.0667. The van der Waals surface area contributed by atoms with Gasteiger partial charge in [0, 0.05) is 16.8 Å². The van der Waals surface area contributed by atoms with Crippen molar-refractivity contribution in [1.82, 2.24) is 5.32 Å². The molecular formula is C15H15Cl2N3O4S. The molecule has 4 N–H and O–H groups in total. The molecule has 10 heteroatoms. The third kappa shape index (κ3) is 5.63. The first kappa shape index (κ1) is 20.8. The Labute approximate surface area is 156 Å². The van der Waals surface area contributed by atoms with E-state index in [1.54, 1.807) is 18.2 Å². The van der Waals surface area contributed by atoms with E-state index < -0.39 is 21.7 Å². The number of benzene rings is 2. The zero-order valence-electron chi connectivity index (χ0n) is 12.9. The zero-order chi connectivity index (χ0) is 17.9. The van der Waals surface area contributed by atoms with E-state index in [1.165, 1.54) is 18.2 Å². The quantitative estimate of drug-likeness (QED) is 0.534. The van der Waals surface area contributed by atoms with Crippen LogP contribution in [0.3, 0.4) is 0 Å². The average molecular weight is 404 g/mol. The Morgan fingerprint density at radius 1 is 1.24 bits per heavy atom. The number of hydrogen-bond donors (Lipinski definition) is 3. The highest BCUT2D eigenvalue weighted by atomic mass is 35.5. The van der Waals surface area contributed by atoms with Crippen molar-refractivity contribution in [1.29, 1.82) is 5.41 Å². The van der Waals surface area contributed by atoms with Gasteiger partial charge in [-0.2, -0.15) is 0 Å². The molecule has 0 atom stereocenters. The highest BCUT2D eigenvalue weighted by Gasteiger charge is 2.19. The van der Waals surface area contributed by atoms with Gasteiger partial charge in [-0.15, -0.1) is 12.4 Å². The molecule has 0 saturated carbocycles. The molecule has 2 aromatic rings. The summed E-state index contributed by atoms with van der Waals surface area (Å²) in [7, 11) is -3.67. The minimum atomic E-state index is -3.67. The fourth-order valence-corrected chi connectivity index (χ4v) is 2.87. The minimum Gasteiger partial charge on any atom is -0.456 e. The molecule has 0 aliphatic carbocycles. The van der Waals surface area contributed by atoms with Crippen LogP contribution < -0.4 is 15.8 Å². The van der Waals surface area contributed by atoms with E-state index in [9.17, 15) is 13.2 Å². The van der Waals surface area contributed by atoms with Gasteiger partial charge in [-0.1, -0.05) is 17.7 Å². The van der Waals surface area contributed by atoms with Gasteiger partial charge >= 0.3 is 0 Å². The lowest BCUT2D eigenvalue weighted by Gasteiger charge is -2.12. The molecule has 134 valence electrons. The van der Waals surface area contributed by atoms with Crippen molar-refractivity contribution >= 4 is 45.7 Å². The molecule has 7 nitrogen and oxygen atoms in total. The molecule has 0 fully saturated rings. The first-order valence-corrected chi connectivity index (χ1v) is 8.86. The Morgan fingerprint density at radius 2 is 1.92 bits per heavy atom. The molecule has 0 bridgehead atoms. The summed E-state index contributed by atoms with van der Waals surface area (Å²) in [6.07, 6.45) is 1.000. The lowest BCUT2D eigenvalue weighted by atomic mass is 10.2. The standard InChI is InChI=1S/C15H14ClN3O4S.ClH/c1-24(21,22)13-7-9(14(20)19-15(17)18)5-6-12(13)23-11-4-2-3-10(16)8-11;/h2-8H,1H3,(H4,17,18,19,20);1H. The number of sulfone groups is 1.